The van der Waals surface area contributed by atoms with Gasteiger partial charge in [-0.05, 0) is 22.8 Å². The molecule has 0 saturated carbocycles. The van der Waals surface area contributed by atoms with E-state index in [1.165, 1.54) is 0 Å². The van der Waals surface area contributed by atoms with Gasteiger partial charge in [0.2, 0.25) is 0 Å². The lowest BCUT2D eigenvalue weighted by Gasteiger charge is -2.07. The smallest absolute Gasteiger partial charge is 0.271 e. The lowest BCUT2D eigenvalue weighted by Crippen LogP contribution is -2.46. The third-order valence-electron chi connectivity index (χ3n) is 2.81. The third kappa shape index (κ3) is 2.57. The average Bonchev–Trinajstić information content (AvgIpc) is 2.40. The molecule has 3 heteroatoms. The molecule has 92 valence electrons. The second kappa shape index (κ2) is 5.47. The second-order valence-corrected chi connectivity index (χ2v) is 4.13. The van der Waals surface area contributed by atoms with Gasteiger partial charge in [0.15, 0.2) is 0 Å². The molecule has 2 aromatic rings. The Hall–Kier alpha value is -2.13. The molecule has 0 fully saturated rings. The van der Waals surface area contributed by atoms with Crippen molar-refractivity contribution in [1.82, 2.24) is 0 Å². The number of amidine groups is 1. The molecule has 0 saturated heterocycles. The molecule has 0 aliphatic heterocycles. The van der Waals surface area contributed by atoms with Gasteiger partial charge >= 0.3 is 0 Å². The quantitative estimate of drug-likeness (QED) is 0.619. The Morgan fingerprint density at radius 2 is 1.78 bits per heavy atom. The first-order chi connectivity index (χ1) is 8.72. The molecule has 0 spiro atoms. The van der Waals surface area contributed by atoms with Crippen LogP contribution in [0.2, 0.25) is 0 Å². The Labute approximate surface area is 107 Å². The number of methoxy groups -OCH3 is 1. The molecule has 0 radical (unpaired) electrons. The van der Waals surface area contributed by atoms with Gasteiger partial charge in [-0.2, -0.15) is 0 Å². The zero-order valence-electron chi connectivity index (χ0n) is 10.4. The zero-order chi connectivity index (χ0) is 13.0. The summed E-state index contributed by atoms with van der Waals surface area (Å²) >= 11 is 0. The maximum Gasteiger partial charge on any atom is 0.271 e. The average molecular weight is 241 g/mol. The fourth-order valence-electron chi connectivity index (χ4n) is 1.93. The molecule has 0 unspecified atom stereocenters. The van der Waals surface area contributed by atoms with Crippen LogP contribution in [0.3, 0.4) is 0 Å². The van der Waals surface area contributed by atoms with Gasteiger partial charge in [-0.15, -0.1) is 0 Å². The minimum Gasteiger partial charge on any atom is -0.380 e. The number of hydrogen-bond acceptors (Lipinski definition) is 1. The zero-order valence-corrected chi connectivity index (χ0v) is 10.4. The Kier molecular flexibility index (Phi) is 3.75. The lowest BCUT2D eigenvalue weighted by molar-refractivity contribution is -0.114. The number of nitrogens with two attached hydrogens (primary N) is 2. The molecule has 0 aliphatic carbocycles. The molecular formula is C15H17N2O+. The van der Waals surface area contributed by atoms with Crippen molar-refractivity contribution in [2.75, 3.05) is 7.11 Å². The molecule has 4 N–H and O–H groups in total. The third-order valence-corrected chi connectivity index (χ3v) is 2.81. The Morgan fingerprint density at radius 3 is 2.39 bits per heavy atom. The summed E-state index contributed by atoms with van der Waals surface area (Å²) in [4.78, 5) is 0. The van der Waals surface area contributed by atoms with Gasteiger partial charge in [0.25, 0.3) is 5.84 Å². The maximum atomic E-state index is 5.70. The minimum absolute atomic E-state index is 0.339. The standard InChI is InChI=1S/C15H16N2O/c1-18-10-11-6-8-12(9-7-11)13-4-2-3-5-14(13)15(16)17/h2-9H,10H2,1H3,(H3,16,17)/p+1. The molecule has 0 bridgehead atoms. The van der Waals surface area contributed by atoms with Crippen LogP contribution in [-0.2, 0) is 11.3 Å². The molecule has 0 heterocycles. The predicted molar refractivity (Wildman–Crippen MR) is 72.8 cm³/mol. The first kappa shape index (κ1) is 12.3. The van der Waals surface area contributed by atoms with Crippen molar-refractivity contribution in [2.45, 2.75) is 6.61 Å². The summed E-state index contributed by atoms with van der Waals surface area (Å²) in [6.45, 7) is 0.618. The molecule has 3 nitrogen and oxygen atoms in total. The van der Waals surface area contributed by atoms with Crippen molar-refractivity contribution < 1.29 is 10.1 Å². The van der Waals surface area contributed by atoms with Crippen LogP contribution in [0, 0.1) is 0 Å². The minimum atomic E-state index is 0.339. The Bertz CT molecular complexity index is 547. The van der Waals surface area contributed by atoms with Crippen LogP contribution in [0.15, 0.2) is 48.5 Å². The molecule has 18 heavy (non-hydrogen) atoms. The van der Waals surface area contributed by atoms with E-state index in [1.807, 2.05) is 36.4 Å². The van der Waals surface area contributed by atoms with Crippen LogP contribution >= 0.6 is 0 Å². The van der Waals surface area contributed by atoms with E-state index >= 15 is 0 Å². The van der Waals surface area contributed by atoms with E-state index in [0.29, 0.717) is 12.4 Å². The fraction of sp³-hybridized carbons (Fsp3) is 0.133. The van der Waals surface area contributed by atoms with Gasteiger partial charge < -0.3 is 4.74 Å². The van der Waals surface area contributed by atoms with Gasteiger partial charge in [0.05, 0.1) is 12.2 Å². The van der Waals surface area contributed by atoms with Crippen molar-refractivity contribution >= 4 is 5.84 Å². The number of benzene rings is 2. The Morgan fingerprint density at radius 1 is 1.11 bits per heavy atom. The molecule has 0 aromatic heterocycles. The van der Waals surface area contributed by atoms with E-state index in [-0.39, 0.29) is 0 Å². The summed E-state index contributed by atoms with van der Waals surface area (Å²) in [5, 5.41) is 5.70. The van der Waals surface area contributed by atoms with Crippen LogP contribution < -0.4 is 11.1 Å². The summed E-state index contributed by atoms with van der Waals surface area (Å²) < 4.78 is 5.09. The lowest BCUT2D eigenvalue weighted by atomic mass is 9.98. The molecule has 0 aliphatic rings. The highest BCUT2D eigenvalue weighted by Gasteiger charge is 2.09. The van der Waals surface area contributed by atoms with Gasteiger partial charge in [-0.25, -0.2) is 0 Å². The first-order valence-electron chi connectivity index (χ1n) is 5.78. The molecule has 0 amide bonds. The van der Waals surface area contributed by atoms with E-state index in [2.05, 4.69) is 12.1 Å². The molecular weight excluding hydrogens is 224 g/mol. The van der Waals surface area contributed by atoms with E-state index in [0.717, 1.165) is 22.3 Å². The van der Waals surface area contributed by atoms with Crippen LogP contribution in [0.4, 0.5) is 0 Å². The summed E-state index contributed by atoms with van der Waals surface area (Å²) in [5.41, 5.74) is 9.86. The summed E-state index contributed by atoms with van der Waals surface area (Å²) in [6, 6.07) is 16.0. The predicted octanol–water partition coefficient (Wildman–Crippen LogP) is 0.964. The van der Waals surface area contributed by atoms with Gasteiger partial charge in [-0.1, -0.05) is 42.5 Å². The highest BCUT2D eigenvalue weighted by molar-refractivity contribution is 5.99. The van der Waals surface area contributed by atoms with E-state index in [9.17, 15) is 0 Å². The normalized spacial score (nSPS) is 10.3. The fourth-order valence-corrected chi connectivity index (χ4v) is 1.93. The summed E-state index contributed by atoms with van der Waals surface area (Å²) in [6.07, 6.45) is 0. The SMILES string of the molecule is COCc1ccc(-c2ccccc2C(N)=[NH2+])cc1. The number of ether oxygens (including phenoxy) is 1. The monoisotopic (exact) mass is 241 g/mol. The highest BCUT2D eigenvalue weighted by atomic mass is 16.5. The molecule has 2 rings (SSSR count). The van der Waals surface area contributed by atoms with Crippen molar-refractivity contribution in [3.05, 3.63) is 59.7 Å². The first-order valence-corrected chi connectivity index (χ1v) is 5.78. The van der Waals surface area contributed by atoms with Gasteiger partial charge in [0.1, 0.15) is 0 Å². The number of rotatable bonds is 4. The van der Waals surface area contributed by atoms with Crippen LogP contribution in [0.1, 0.15) is 11.1 Å². The van der Waals surface area contributed by atoms with E-state index in [4.69, 9.17) is 15.9 Å². The van der Waals surface area contributed by atoms with Crippen molar-refractivity contribution in [1.29, 1.82) is 0 Å². The topological polar surface area (TPSA) is 60.8 Å². The number of hydrogen-bond donors (Lipinski definition) is 2. The van der Waals surface area contributed by atoms with Gasteiger partial charge in [0, 0.05) is 7.11 Å². The van der Waals surface area contributed by atoms with Crippen molar-refractivity contribution in [3.8, 4) is 11.1 Å². The van der Waals surface area contributed by atoms with Crippen molar-refractivity contribution in [3.63, 3.8) is 0 Å². The largest absolute Gasteiger partial charge is 0.380 e. The van der Waals surface area contributed by atoms with Crippen LogP contribution in [0.5, 0.6) is 0 Å². The highest BCUT2D eigenvalue weighted by Crippen LogP contribution is 2.23. The van der Waals surface area contributed by atoms with Crippen molar-refractivity contribution in [2.24, 2.45) is 5.73 Å². The van der Waals surface area contributed by atoms with E-state index < -0.39 is 0 Å². The van der Waals surface area contributed by atoms with Gasteiger partial charge in [-0.3, -0.25) is 11.1 Å². The van der Waals surface area contributed by atoms with E-state index in [1.54, 1.807) is 7.11 Å². The summed E-state index contributed by atoms with van der Waals surface area (Å²) in [7, 11) is 1.69. The van der Waals surface area contributed by atoms with Crippen LogP contribution in [-0.4, -0.2) is 12.9 Å². The molecule has 0 atom stereocenters. The second-order valence-electron chi connectivity index (χ2n) is 4.13. The van der Waals surface area contributed by atoms with Crippen LogP contribution in [0.25, 0.3) is 11.1 Å². The Balaban J connectivity index is 2.39. The molecule has 2 aromatic carbocycles. The maximum absolute atomic E-state index is 5.70. The summed E-state index contributed by atoms with van der Waals surface area (Å²) in [5.74, 6) is 0.339.